The molecule has 1 saturated heterocycles. The fourth-order valence-corrected chi connectivity index (χ4v) is 4.14. The predicted octanol–water partition coefficient (Wildman–Crippen LogP) is 0.735. The fourth-order valence-electron chi connectivity index (χ4n) is 2.51. The van der Waals surface area contributed by atoms with Crippen LogP contribution in [-0.4, -0.2) is 48.9 Å². The smallest absolute Gasteiger partial charge is 0.260 e. The number of likely N-dealkylation sites (N-methyl/N-ethyl adjacent to an activating group) is 1. The molecule has 1 aromatic heterocycles. The number of hydrogen-bond acceptors (Lipinski definition) is 4. The Morgan fingerprint density at radius 2 is 2.32 bits per heavy atom. The summed E-state index contributed by atoms with van der Waals surface area (Å²) in [6, 6.07) is 0.0390. The minimum atomic E-state index is -3.45. The average molecular weight is 286 g/mol. The van der Waals surface area contributed by atoms with E-state index in [1.165, 1.54) is 6.20 Å². The number of sulfonamides is 1. The SMILES string of the molecule is CCc1ncc(S(=O)(=O)N2CCCCC2CNC)[nH]1. The van der Waals surface area contributed by atoms with E-state index in [2.05, 4.69) is 15.3 Å². The van der Waals surface area contributed by atoms with Crippen molar-refractivity contribution in [1.29, 1.82) is 0 Å². The molecule has 0 saturated carbocycles. The Kier molecular flexibility index (Phi) is 4.59. The van der Waals surface area contributed by atoms with Crippen LogP contribution in [0.1, 0.15) is 32.0 Å². The number of aryl methyl sites for hydroxylation is 1. The van der Waals surface area contributed by atoms with Crippen LogP contribution in [0.15, 0.2) is 11.2 Å². The van der Waals surface area contributed by atoms with E-state index in [4.69, 9.17) is 0 Å². The second-order valence-corrected chi connectivity index (χ2v) is 6.73. The minimum absolute atomic E-state index is 0.0390. The number of nitrogens with one attached hydrogen (secondary N) is 2. The summed E-state index contributed by atoms with van der Waals surface area (Å²) in [5, 5.41) is 3.29. The van der Waals surface area contributed by atoms with E-state index in [-0.39, 0.29) is 11.1 Å². The Morgan fingerprint density at radius 3 is 2.95 bits per heavy atom. The van der Waals surface area contributed by atoms with Crippen molar-refractivity contribution >= 4 is 10.0 Å². The third kappa shape index (κ3) is 2.98. The molecule has 1 aliphatic heterocycles. The van der Waals surface area contributed by atoms with Crippen LogP contribution >= 0.6 is 0 Å². The Bertz CT molecular complexity index is 510. The topological polar surface area (TPSA) is 78.1 Å². The lowest BCUT2D eigenvalue weighted by atomic mass is 10.1. The Morgan fingerprint density at radius 1 is 1.53 bits per heavy atom. The highest BCUT2D eigenvalue weighted by molar-refractivity contribution is 7.89. The van der Waals surface area contributed by atoms with Gasteiger partial charge in [0.2, 0.25) is 0 Å². The van der Waals surface area contributed by atoms with Gasteiger partial charge in [-0.3, -0.25) is 0 Å². The molecule has 0 bridgehead atoms. The molecular weight excluding hydrogens is 264 g/mol. The lowest BCUT2D eigenvalue weighted by Gasteiger charge is -2.34. The molecule has 19 heavy (non-hydrogen) atoms. The van der Waals surface area contributed by atoms with Crippen LogP contribution in [0.4, 0.5) is 0 Å². The van der Waals surface area contributed by atoms with Crippen LogP contribution in [0.25, 0.3) is 0 Å². The molecule has 0 amide bonds. The fraction of sp³-hybridized carbons (Fsp3) is 0.750. The molecular formula is C12H22N4O2S. The first-order valence-corrected chi connectivity index (χ1v) is 8.24. The molecule has 1 atom stereocenters. The maximum absolute atomic E-state index is 12.6. The van der Waals surface area contributed by atoms with E-state index in [1.807, 2.05) is 14.0 Å². The minimum Gasteiger partial charge on any atom is -0.332 e. The van der Waals surface area contributed by atoms with Gasteiger partial charge in [0.1, 0.15) is 5.82 Å². The lowest BCUT2D eigenvalue weighted by molar-refractivity contribution is 0.248. The molecule has 7 heteroatoms. The normalized spacial score (nSPS) is 21.7. The summed E-state index contributed by atoms with van der Waals surface area (Å²) in [5.41, 5.74) is 0. The third-order valence-electron chi connectivity index (χ3n) is 3.54. The van der Waals surface area contributed by atoms with Crippen LogP contribution in [0.5, 0.6) is 0 Å². The number of H-pyrrole nitrogens is 1. The largest absolute Gasteiger partial charge is 0.332 e. The van der Waals surface area contributed by atoms with E-state index in [1.54, 1.807) is 4.31 Å². The first-order chi connectivity index (χ1) is 9.09. The van der Waals surface area contributed by atoms with Crippen molar-refractivity contribution in [3.63, 3.8) is 0 Å². The van der Waals surface area contributed by atoms with E-state index < -0.39 is 10.0 Å². The highest BCUT2D eigenvalue weighted by Crippen LogP contribution is 2.24. The van der Waals surface area contributed by atoms with Crippen molar-refractivity contribution in [3.05, 3.63) is 12.0 Å². The summed E-state index contributed by atoms with van der Waals surface area (Å²) in [5.74, 6) is 0.709. The van der Waals surface area contributed by atoms with Crippen molar-refractivity contribution in [3.8, 4) is 0 Å². The molecule has 1 aliphatic rings. The second-order valence-electron chi connectivity index (χ2n) is 4.87. The summed E-state index contributed by atoms with van der Waals surface area (Å²) in [7, 11) is -1.60. The van der Waals surface area contributed by atoms with Crippen LogP contribution in [0, 0.1) is 0 Å². The Labute approximate surface area is 114 Å². The summed E-state index contributed by atoms with van der Waals surface area (Å²) < 4.78 is 26.9. The van der Waals surface area contributed by atoms with Crippen molar-refractivity contribution < 1.29 is 8.42 Å². The molecule has 108 valence electrons. The van der Waals surface area contributed by atoms with Gasteiger partial charge < -0.3 is 10.3 Å². The van der Waals surface area contributed by atoms with Crippen molar-refractivity contribution in [2.75, 3.05) is 20.1 Å². The second kappa shape index (κ2) is 6.02. The average Bonchev–Trinajstić information content (AvgIpc) is 2.89. The van der Waals surface area contributed by atoms with Gasteiger partial charge >= 0.3 is 0 Å². The molecule has 1 aromatic rings. The van der Waals surface area contributed by atoms with E-state index in [9.17, 15) is 8.42 Å². The number of aromatic nitrogens is 2. The molecule has 0 spiro atoms. The third-order valence-corrected chi connectivity index (χ3v) is 5.40. The monoisotopic (exact) mass is 286 g/mol. The maximum Gasteiger partial charge on any atom is 0.260 e. The van der Waals surface area contributed by atoms with Crippen molar-refractivity contribution in [1.82, 2.24) is 19.6 Å². The predicted molar refractivity (Wildman–Crippen MR) is 73.4 cm³/mol. The van der Waals surface area contributed by atoms with Crippen LogP contribution in [-0.2, 0) is 16.4 Å². The quantitative estimate of drug-likeness (QED) is 0.836. The highest BCUT2D eigenvalue weighted by atomic mass is 32.2. The summed E-state index contributed by atoms with van der Waals surface area (Å²) in [6.07, 6.45) is 5.05. The molecule has 2 rings (SSSR count). The number of nitrogens with zero attached hydrogens (tertiary/aromatic N) is 2. The number of piperidine rings is 1. The van der Waals surface area contributed by atoms with Gasteiger partial charge in [0.25, 0.3) is 10.0 Å². The lowest BCUT2D eigenvalue weighted by Crippen LogP contribution is -2.47. The maximum atomic E-state index is 12.6. The molecule has 1 unspecified atom stereocenters. The molecule has 2 heterocycles. The van der Waals surface area contributed by atoms with E-state index >= 15 is 0 Å². The highest BCUT2D eigenvalue weighted by Gasteiger charge is 2.34. The van der Waals surface area contributed by atoms with Gasteiger partial charge in [-0.2, -0.15) is 4.31 Å². The summed E-state index contributed by atoms with van der Waals surface area (Å²) in [4.78, 5) is 6.99. The zero-order chi connectivity index (χ0) is 13.9. The number of rotatable bonds is 5. The summed E-state index contributed by atoms with van der Waals surface area (Å²) in [6.45, 7) is 3.23. The molecule has 6 nitrogen and oxygen atoms in total. The Balaban J connectivity index is 2.25. The zero-order valence-corrected chi connectivity index (χ0v) is 12.3. The van der Waals surface area contributed by atoms with Gasteiger partial charge in [-0.1, -0.05) is 13.3 Å². The van der Waals surface area contributed by atoms with Crippen LogP contribution in [0.3, 0.4) is 0 Å². The molecule has 2 N–H and O–H groups in total. The number of imidazole rings is 1. The molecule has 0 radical (unpaired) electrons. The van der Waals surface area contributed by atoms with Gasteiger partial charge in [-0.15, -0.1) is 0 Å². The van der Waals surface area contributed by atoms with Gasteiger partial charge in [-0.05, 0) is 19.9 Å². The molecule has 0 aliphatic carbocycles. The molecule has 0 aromatic carbocycles. The zero-order valence-electron chi connectivity index (χ0n) is 11.5. The van der Waals surface area contributed by atoms with Gasteiger partial charge in [0.15, 0.2) is 5.03 Å². The molecule has 1 fully saturated rings. The number of aromatic amines is 1. The van der Waals surface area contributed by atoms with Crippen molar-refractivity contribution in [2.24, 2.45) is 0 Å². The standard InChI is InChI=1S/C12H22N4O2S/c1-3-11-14-9-12(15-11)19(17,18)16-7-5-4-6-10(16)8-13-2/h9-10,13H,3-8H2,1-2H3,(H,14,15). The van der Waals surface area contributed by atoms with Gasteiger partial charge in [-0.25, -0.2) is 13.4 Å². The van der Waals surface area contributed by atoms with Crippen LogP contribution in [0.2, 0.25) is 0 Å². The van der Waals surface area contributed by atoms with Gasteiger partial charge in [0.05, 0.1) is 6.20 Å². The van der Waals surface area contributed by atoms with E-state index in [0.717, 1.165) is 19.3 Å². The van der Waals surface area contributed by atoms with Crippen molar-refractivity contribution in [2.45, 2.75) is 43.7 Å². The van der Waals surface area contributed by atoms with E-state index in [0.29, 0.717) is 25.3 Å². The van der Waals surface area contributed by atoms with Gasteiger partial charge in [0, 0.05) is 25.6 Å². The Hall–Kier alpha value is -0.920. The van der Waals surface area contributed by atoms with Crippen LogP contribution < -0.4 is 5.32 Å². The first-order valence-electron chi connectivity index (χ1n) is 6.80. The number of hydrogen-bond donors (Lipinski definition) is 2. The summed E-state index contributed by atoms with van der Waals surface area (Å²) >= 11 is 0. The first kappa shape index (κ1) is 14.5.